The van der Waals surface area contributed by atoms with Gasteiger partial charge in [0.2, 0.25) is 0 Å². The summed E-state index contributed by atoms with van der Waals surface area (Å²) in [6.07, 6.45) is 2.78. The van der Waals surface area contributed by atoms with Crippen LogP contribution >= 0.6 is 36.2 Å². The maximum absolute atomic E-state index is 12.3. The molecule has 2 aliphatic rings. The summed E-state index contributed by atoms with van der Waals surface area (Å²) < 4.78 is 0. The van der Waals surface area contributed by atoms with Crippen molar-refractivity contribution in [2.75, 3.05) is 32.7 Å². The lowest BCUT2D eigenvalue weighted by Crippen LogP contribution is -2.49. The van der Waals surface area contributed by atoms with E-state index in [1.54, 1.807) is 0 Å². The van der Waals surface area contributed by atoms with E-state index in [0.29, 0.717) is 12.2 Å². The monoisotopic (exact) mass is 352 g/mol. The number of amides is 1. The van der Waals surface area contributed by atoms with Crippen molar-refractivity contribution in [3.8, 4) is 0 Å². The fourth-order valence-corrected chi connectivity index (χ4v) is 3.11. The smallest absolute Gasteiger partial charge is 0.273 e. The van der Waals surface area contributed by atoms with Crippen LogP contribution in [0.25, 0.3) is 0 Å². The minimum absolute atomic E-state index is 0. The molecule has 0 atom stereocenters. The van der Waals surface area contributed by atoms with E-state index in [-0.39, 0.29) is 30.7 Å². The second-order valence-corrected chi connectivity index (χ2v) is 6.31. The summed E-state index contributed by atoms with van der Waals surface area (Å²) in [4.78, 5) is 20.9. The molecule has 0 unspecified atom stereocenters. The SMILES string of the molecule is Cl.Cl.NCc1nc(C(=O)N2CCN(CC3CC3)CC2)cs1. The first-order valence-corrected chi connectivity index (χ1v) is 7.80. The number of piperazine rings is 1. The van der Waals surface area contributed by atoms with Crippen LogP contribution in [0.5, 0.6) is 0 Å². The summed E-state index contributed by atoms with van der Waals surface area (Å²) in [5.41, 5.74) is 6.09. The molecule has 1 aliphatic carbocycles. The average molecular weight is 353 g/mol. The molecule has 1 aromatic rings. The number of hydrogen-bond donors (Lipinski definition) is 1. The number of hydrogen-bond acceptors (Lipinski definition) is 5. The van der Waals surface area contributed by atoms with Gasteiger partial charge < -0.3 is 10.6 Å². The number of carbonyl (C=O) groups excluding carboxylic acids is 1. The molecule has 0 spiro atoms. The van der Waals surface area contributed by atoms with Crippen molar-refractivity contribution in [2.24, 2.45) is 11.7 Å². The van der Waals surface area contributed by atoms with Crippen LogP contribution in [0.2, 0.25) is 0 Å². The van der Waals surface area contributed by atoms with Gasteiger partial charge in [0.1, 0.15) is 10.7 Å². The molecule has 2 N–H and O–H groups in total. The molecule has 1 aromatic heterocycles. The Balaban J connectivity index is 0.00000110. The van der Waals surface area contributed by atoms with Gasteiger partial charge in [-0.3, -0.25) is 9.69 Å². The van der Waals surface area contributed by atoms with Crippen molar-refractivity contribution in [3.05, 3.63) is 16.1 Å². The van der Waals surface area contributed by atoms with E-state index in [4.69, 9.17) is 5.73 Å². The number of rotatable bonds is 4. The van der Waals surface area contributed by atoms with Crippen LogP contribution in [0, 0.1) is 5.92 Å². The zero-order valence-electron chi connectivity index (χ0n) is 11.9. The summed E-state index contributed by atoms with van der Waals surface area (Å²) in [7, 11) is 0. The molecule has 1 saturated carbocycles. The predicted octanol–water partition coefficient (Wildman–Crippen LogP) is 1.61. The molecule has 1 saturated heterocycles. The molecular formula is C13H22Cl2N4OS. The Morgan fingerprint density at radius 2 is 1.95 bits per heavy atom. The van der Waals surface area contributed by atoms with Gasteiger partial charge in [-0.25, -0.2) is 4.98 Å². The van der Waals surface area contributed by atoms with Crippen LogP contribution in [0.3, 0.4) is 0 Å². The summed E-state index contributed by atoms with van der Waals surface area (Å²) in [5, 5.41) is 2.65. The van der Waals surface area contributed by atoms with E-state index < -0.39 is 0 Å². The Bertz CT molecular complexity index is 459. The third kappa shape index (κ3) is 4.79. The number of carbonyl (C=O) groups is 1. The largest absolute Gasteiger partial charge is 0.335 e. The molecule has 0 aromatic carbocycles. The van der Waals surface area contributed by atoms with Gasteiger partial charge in [-0.1, -0.05) is 0 Å². The molecule has 0 radical (unpaired) electrons. The van der Waals surface area contributed by atoms with Gasteiger partial charge in [0.15, 0.2) is 0 Å². The summed E-state index contributed by atoms with van der Waals surface area (Å²) in [6, 6.07) is 0. The number of nitrogens with zero attached hydrogens (tertiary/aromatic N) is 3. The number of aromatic nitrogens is 1. The summed E-state index contributed by atoms with van der Waals surface area (Å²) >= 11 is 1.47. The van der Waals surface area contributed by atoms with Gasteiger partial charge in [-0.2, -0.15) is 0 Å². The van der Waals surface area contributed by atoms with Crippen LogP contribution in [0.1, 0.15) is 28.3 Å². The average Bonchev–Trinajstić information content (AvgIpc) is 3.12. The standard InChI is InChI=1S/C13H20N4OS.2ClH/c14-7-12-15-11(9-19-12)13(18)17-5-3-16(4-6-17)8-10-1-2-10;;/h9-10H,1-8,14H2;2*1H. The Hall–Kier alpha value is -0.400. The van der Waals surface area contributed by atoms with Crippen molar-refractivity contribution >= 4 is 42.1 Å². The zero-order chi connectivity index (χ0) is 13.2. The third-order valence-corrected chi connectivity index (χ3v) is 4.69. The van der Waals surface area contributed by atoms with Crippen molar-refractivity contribution in [1.29, 1.82) is 0 Å². The molecule has 3 rings (SSSR count). The Morgan fingerprint density at radius 3 is 2.48 bits per heavy atom. The van der Waals surface area contributed by atoms with Gasteiger partial charge in [0.25, 0.3) is 5.91 Å². The molecule has 120 valence electrons. The minimum Gasteiger partial charge on any atom is -0.335 e. The van der Waals surface area contributed by atoms with Crippen LogP contribution in [0.4, 0.5) is 0 Å². The lowest BCUT2D eigenvalue weighted by atomic mass is 10.2. The highest BCUT2D eigenvalue weighted by Gasteiger charge is 2.28. The van der Waals surface area contributed by atoms with Gasteiger partial charge in [-0.15, -0.1) is 36.2 Å². The first-order chi connectivity index (χ1) is 9.26. The lowest BCUT2D eigenvalue weighted by molar-refractivity contribution is 0.0627. The summed E-state index contributed by atoms with van der Waals surface area (Å²) in [6.45, 7) is 5.26. The number of thiazole rings is 1. The van der Waals surface area contributed by atoms with Gasteiger partial charge >= 0.3 is 0 Å². The second-order valence-electron chi connectivity index (χ2n) is 5.37. The van der Waals surface area contributed by atoms with Crippen LogP contribution < -0.4 is 5.73 Å². The van der Waals surface area contributed by atoms with Crippen molar-refractivity contribution < 1.29 is 4.79 Å². The molecule has 8 heteroatoms. The lowest BCUT2D eigenvalue weighted by Gasteiger charge is -2.34. The molecule has 2 heterocycles. The number of halogens is 2. The summed E-state index contributed by atoms with van der Waals surface area (Å²) in [5.74, 6) is 0.981. The highest BCUT2D eigenvalue weighted by Crippen LogP contribution is 2.30. The minimum atomic E-state index is 0. The van der Waals surface area contributed by atoms with E-state index in [2.05, 4.69) is 9.88 Å². The van der Waals surface area contributed by atoms with Crippen molar-refractivity contribution in [1.82, 2.24) is 14.8 Å². The Kier molecular flexibility index (Phi) is 7.36. The fraction of sp³-hybridized carbons (Fsp3) is 0.692. The molecule has 2 fully saturated rings. The topological polar surface area (TPSA) is 62.5 Å². The quantitative estimate of drug-likeness (QED) is 0.894. The first-order valence-electron chi connectivity index (χ1n) is 6.92. The van der Waals surface area contributed by atoms with Crippen molar-refractivity contribution in [2.45, 2.75) is 19.4 Å². The van der Waals surface area contributed by atoms with E-state index >= 15 is 0 Å². The van der Waals surface area contributed by atoms with Crippen LogP contribution in [-0.4, -0.2) is 53.4 Å². The molecular weight excluding hydrogens is 331 g/mol. The molecule has 5 nitrogen and oxygen atoms in total. The maximum atomic E-state index is 12.3. The zero-order valence-corrected chi connectivity index (χ0v) is 14.3. The Morgan fingerprint density at radius 1 is 1.29 bits per heavy atom. The van der Waals surface area contributed by atoms with Gasteiger partial charge in [-0.05, 0) is 18.8 Å². The molecule has 1 aliphatic heterocycles. The fourth-order valence-electron chi connectivity index (χ4n) is 2.46. The highest BCUT2D eigenvalue weighted by molar-refractivity contribution is 7.09. The third-order valence-electron chi connectivity index (χ3n) is 3.82. The van der Waals surface area contributed by atoms with E-state index in [1.807, 2.05) is 10.3 Å². The Labute approximate surface area is 141 Å². The second kappa shape index (κ2) is 8.29. The van der Waals surface area contributed by atoms with Crippen molar-refractivity contribution in [3.63, 3.8) is 0 Å². The normalized spacial score (nSPS) is 18.8. The number of nitrogens with two attached hydrogens (primary N) is 1. The first kappa shape index (κ1) is 18.6. The van der Waals surface area contributed by atoms with Gasteiger partial charge in [0.05, 0.1) is 0 Å². The van der Waals surface area contributed by atoms with Gasteiger partial charge in [0, 0.05) is 44.6 Å². The van der Waals surface area contributed by atoms with Crippen LogP contribution in [-0.2, 0) is 6.54 Å². The molecule has 1 amide bonds. The van der Waals surface area contributed by atoms with E-state index in [9.17, 15) is 4.79 Å². The highest BCUT2D eigenvalue weighted by atomic mass is 35.5. The van der Waals surface area contributed by atoms with Crippen LogP contribution in [0.15, 0.2) is 5.38 Å². The van der Waals surface area contributed by atoms with E-state index in [1.165, 1.54) is 30.7 Å². The molecule has 0 bridgehead atoms. The predicted molar refractivity (Wildman–Crippen MR) is 89.6 cm³/mol. The maximum Gasteiger partial charge on any atom is 0.273 e. The van der Waals surface area contributed by atoms with E-state index in [0.717, 1.165) is 37.1 Å². The molecule has 21 heavy (non-hydrogen) atoms.